The molecule has 33 heavy (non-hydrogen) atoms. The molecular formula is C26H28F6O. The quantitative estimate of drug-likeness (QED) is 0.241. The number of hydrogen-bond donors (Lipinski definition) is 0. The fourth-order valence-electron chi connectivity index (χ4n) is 5.31. The molecule has 0 saturated heterocycles. The highest BCUT2D eigenvalue weighted by molar-refractivity contribution is 5.30. The zero-order chi connectivity index (χ0) is 23.6. The normalized spacial score (nSPS) is 22.7. The van der Waals surface area contributed by atoms with Crippen LogP contribution in [0.4, 0.5) is 26.3 Å². The monoisotopic (exact) mass is 470 g/mol. The van der Waals surface area contributed by atoms with Crippen LogP contribution < -0.4 is 4.74 Å². The van der Waals surface area contributed by atoms with E-state index in [-0.39, 0.29) is 24.6 Å². The maximum atomic E-state index is 14.9. The van der Waals surface area contributed by atoms with Gasteiger partial charge >= 0.3 is 6.11 Å². The lowest BCUT2D eigenvalue weighted by Gasteiger charge is -2.33. The summed E-state index contributed by atoms with van der Waals surface area (Å²) in [5, 5.41) is 0. The highest BCUT2D eigenvalue weighted by atomic mass is 19.3. The Morgan fingerprint density at radius 3 is 1.85 bits per heavy atom. The Bertz CT molecular complexity index is 936. The van der Waals surface area contributed by atoms with Crippen molar-refractivity contribution in [2.45, 2.75) is 82.2 Å². The summed E-state index contributed by atoms with van der Waals surface area (Å²) in [4.78, 5) is 0. The molecule has 0 aromatic heterocycles. The van der Waals surface area contributed by atoms with Crippen molar-refractivity contribution in [2.24, 2.45) is 5.92 Å². The molecule has 2 aromatic carbocycles. The smallest absolute Gasteiger partial charge is 0.400 e. The number of ether oxygens (including phenoxy) is 1. The third-order valence-electron chi connectivity index (χ3n) is 7.20. The lowest BCUT2D eigenvalue weighted by atomic mass is 9.77. The third-order valence-corrected chi connectivity index (χ3v) is 7.20. The van der Waals surface area contributed by atoms with E-state index in [9.17, 15) is 26.3 Å². The van der Waals surface area contributed by atoms with Crippen molar-refractivity contribution in [1.29, 1.82) is 0 Å². The number of hydrogen-bond acceptors (Lipinski definition) is 1. The molecule has 0 aliphatic heterocycles. The van der Waals surface area contributed by atoms with Crippen LogP contribution in [0.3, 0.4) is 0 Å². The minimum atomic E-state index is -3.68. The van der Waals surface area contributed by atoms with E-state index in [0.29, 0.717) is 36.5 Å². The van der Waals surface area contributed by atoms with Crippen LogP contribution in [-0.2, 0) is 0 Å². The topological polar surface area (TPSA) is 9.23 Å². The zero-order valence-corrected chi connectivity index (χ0v) is 18.4. The molecule has 0 bridgehead atoms. The van der Waals surface area contributed by atoms with Gasteiger partial charge in [0, 0.05) is 12.1 Å². The van der Waals surface area contributed by atoms with Gasteiger partial charge in [-0.2, -0.15) is 8.78 Å². The molecule has 4 rings (SSSR count). The first-order valence-corrected chi connectivity index (χ1v) is 11.8. The summed E-state index contributed by atoms with van der Waals surface area (Å²) in [7, 11) is 0. The van der Waals surface area contributed by atoms with Crippen molar-refractivity contribution in [1.82, 2.24) is 0 Å². The fraction of sp³-hybridized carbons (Fsp3) is 0.538. The first-order valence-electron chi connectivity index (χ1n) is 11.8. The van der Waals surface area contributed by atoms with Crippen LogP contribution in [0.25, 0.3) is 0 Å². The number of rotatable bonds is 5. The molecule has 0 radical (unpaired) electrons. The van der Waals surface area contributed by atoms with Crippen LogP contribution >= 0.6 is 0 Å². The van der Waals surface area contributed by atoms with Gasteiger partial charge in [0.2, 0.25) is 0 Å². The van der Waals surface area contributed by atoms with Crippen molar-refractivity contribution < 1.29 is 31.1 Å². The molecule has 0 heterocycles. The van der Waals surface area contributed by atoms with Crippen LogP contribution in [0.5, 0.6) is 5.75 Å². The second kappa shape index (κ2) is 9.98. The summed E-state index contributed by atoms with van der Waals surface area (Å²) >= 11 is 0. The summed E-state index contributed by atoms with van der Waals surface area (Å²) in [6, 6.07) is 6.22. The summed E-state index contributed by atoms with van der Waals surface area (Å²) < 4.78 is 88.5. The van der Waals surface area contributed by atoms with Crippen molar-refractivity contribution in [2.75, 3.05) is 0 Å². The molecular weight excluding hydrogens is 442 g/mol. The van der Waals surface area contributed by atoms with E-state index >= 15 is 0 Å². The molecule has 0 N–H and O–H groups in total. The second-order valence-corrected chi connectivity index (χ2v) is 9.38. The van der Waals surface area contributed by atoms with Crippen molar-refractivity contribution in [3.63, 3.8) is 0 Å². The molecule has 2 saturated carbocycles. The summed E-state index contributed by atoms with van der Waals surface area (Å²) in [6.45, 7) is 0. The van der Waals surface area contributed by atoms with Gasteiger partial charge in [-0.3, -0.25) is 0 Å². The second-order valence-electron chi connectivity index (χ2n) is 9.38. The van der Waals surface area contributed by atoms with Gasteiger partial charge in [-0.1, -0.05) is 37.8 Å². The Labute approximate surface area is 190 Å². The predicted octanol–water partition coefficient (Wildman–Crippen LogP) is 8.63. The highest BCUT2D eigenvalue weighted by Gasteiger charge is 2.44. The van der Waals surface area contributed by atoms with Gasteiger partial charge < -0.3 is 4.74 Å². The van der Waals surface area contributed by atoms with E-state index in [0.717, 1.165) is 31.2 Å². The molecule has 180 valence electrons. The fourth-order valence-corrected chi connectivity index (χ4v) is 5.31. The van der Waals surface area contributed by atoms with Gasteiger partial charge in [-0.25, -0.2) is 17.6 Å². The standard InChI is InChI=1S/C26H28F6O/c27-22-13-18(16-5-3-1-2-4-6-16)9-12-21(22)17-7-10-19(11-8-17)26(31,32)33-20-14-23(28)25(30)24(29)15-20/h9,12-17,19H,1-8,10-11H2. The van der Waals surface area contributed by atoms with Crippen LogP contribution in [-0.4, -0.2) is 6.11 Å². The van der Waals surface area contributed by atoms with Crippen molar-refractivity contribution in [3.8, 4) is 5.75 Å². The van der Waals surface area contributed by atoms with Crippen LogP contribution in [0, 0.1) is 29.2 Å². The Hall–Kier alpha value is -2.18. The van der Waals surface area contributed by atoms with E-state index in [1.165, 1.54) is 12.8 Å². The summed E-state index contributed by atoms with van der Waals surface area (Å²) in [5.41, 5.74) is 1.57. The van der Waals surface area contributed by atoms with E-state index in [4.69, 9.17) is 0 Å². The minimum absolute atomic E-state index is 0.0770. The molecule has 0 spiro atoms. The molecule has 0 atom stereocenters. The average molecular weight is 470 g/mol. The molecule has 2 aliphatic rings. The van der Waals surface area contributed by atoms with Crippen LogP contribution in [0.1, 0.15) is 87.2 Å². The van der Waals surface area contributed by atoms with Gasteiger partial charge in [-0.05, 0) is 67.6 Å². The van der Waals surface area contributed by atoms with E-state index in [1.54, 1.807) is 12.1 Å². The van der Waals surface area contributed by atoms with Crippen molar-refractivity contribution in [3.05, 3.63) is 64.7 Å². The lowest BCUT2D eigenvalue weighted by Crippen LogP contribution is -2.37. The Morgan fingerprint density at radius 1 is 0.667 bits per heavy atom. The lowest BCUT2D eigenvalue weighted by molar-refractivity contribution is -0.222. The first kappa shape index (κ1) is 24.0. The first-order chi connectivity index (χ1) is 15.7. The predicted molar refractivity (Wildman–Crippen MR) is 113 cm³/mol. The molecule has 1 nitrogen and oxygen atoms in total. The maximum Gasteiger partial charge on any atom is 0.400 e. The number of halogens is 6. The van der Waals surface area contributed by atoms with E-state index in [1.807, 2.05) is 6.07 Å². The van der Waals surface area contributed by atoms with Crippen LogP contribution in [0.2, 0.25) is 0 Å². The third kappa shape index (κ3) is 5.49. The number of benzene rings is 2. The molecule has 0 amide bonds. The highest BCUT2D eigenvalue weighted by Crippen LogP contribution is 2.44. The Balaban J connectivity index is 1.39. The molecule has 0 unspecified atom stereocenters. The summed E-state index contributed by atoms with van der Waals surface area (Å²) in [5.74, 6) is -6.93. The maximum absolute atomic E-state index is 14.9. The number of alkyl halides is 2. The largest absolute Gasteiger partial charge is 0.432 e. The Kier molecular flexibility index (Phi) is 7.25. The molecule has 2 aromatic rings. The van der Waals surface area contributed by atoms with Gasteiger partial charge in [-0.15, -0.1) is 0 Å². The van der Waals surface area contributed by atoms with Crippen molar-refractivity contribution >= 4 is 0 Å². The summed E-state index contributed by atoms with van der Waals surface area (Å²) in [6.07, 6.45) is 4.09. The van der Waals surface area contributed by atoms with E-state index < -0.39 is 35.2 Å². The van der Waals surface area contributed by atoms with Gasteiger partial charge in [0.05, 0.1) is 5.92 Å². The Morgan fingerprint density at radius 2 is 1.27 bits per heavy atom. The zero-order valence-electron chi connectivity index (χ0n) is 18.4. The molecule has 2 aliphatic carbocycles. The van der Waals surface area contributed by atoms with E-state index in [2.05, 4.69) is 4.74 Å². The van der Waals surface area contributed by atoms with Gasteiger partial charge in [0.1, 0.15) is 11.6 Å². The average Bonchev–Trinajstić information content (AvgIpc) is 3.07. The van der Waals surface area contributed by atoms with Gasteiger partial charge in [0.25, 0.3) is 0 Å². The molecule has 7 heteroatoms. The minimum Gasteiger partial charge on any atom is -0.432 e. The SMILES string of the molecule is Fc1cc(C2CCCCCC2)ccc1C1CCC(C(F)(F)Oc2cc(F)c(F)c(F)c2)CC1. The van der Waals surface area contributed by atoms with Crippen LogP contribution in [0.15, 0.2) is 30.3 Å². The molecule has 2 fully saturated rings. The van der Waals surface area contributed by atoms with Gasteiger partial charge in [0.15, 0.2) is 17.5 Å².